The lowest BCUT2D eigenvalue weighted by Crippen LogP contribution is -2.49. The van der Waals surface area contributed by atoms with E-state index in [1.54, 1.807) is 11.8 Å². The molecule has 1 amide bonds. The Bertz CT molecular complexity index is 245. The monoisotopic (exact) mass is 226 g/mol. The maximum Gasteiger partial charge on any atom is 0.223 e. The topological polar surface area (TPSA) is 41.1 Å². The molecule has 0 aliphatic carbocycles. The van der Waals surface area contributed by atoms with E-state index in [4.69, 9.17) is 6.42 Å². The van der Waals surface area contributed by atoms with Gasteiger partial charge in [0.15, 0.2) is 0 Å². The predicted molar refractivity (Wildman–Crippen MR) is 64.7 cm³/mol. The second kappa shape index (κ2) is 6.76. The zero-order valence-electron chi connectivity index (χ0n) is 9.08. The smallest absolute Gasteiger partial charge is 0.223 e. The van der Waals surface area contributed by atoms with Crippen LogP contribution in [-0.2, 0) is 4.79 Å². The molecule has 1 heterocycles. The minimum Gasteiger partial charge on any atom is -0.355 e. The third-order valence-electron chi connectivity index (χ3n) is 2.66. The average molecular weight is 226 g/mol. The van der Waals surface area contributed by atoms with E-state index in [2.05, 4.69) is 16.6 Å². The van der Waals surface area contributed by atoms with E-state index in [0.717, 1.165) is 31.1 Å². The molecule has 1 unspecified atom stereocenters. The van der Waals surface area contributed by atoms with Gasteiger partial charge >= 0.3 is 0 Å². The highest BCUT2D eigenvalue weighted by Gasteiger charge is 2.28. The lowest BCUT2D eigenvalue weighted by Gasteiger charge is -2.31. The van der Waals surface area contributed by atoms with E-state index >= 15 is 0 Å². The van der Waals surface area contributed by atoms with Gasteiger partial charge in [-0.05, 0) is 19.0 Å². The zero-order valence-corrected chi connectivity index (χ0v) is 9.90. The first kappa shape index (κ1) is 12.4. The first-order valence-corrected chi connectivity index (χ1v) is 6.40. The van der Waals surface area contributed by atoms with Crippen molar-refractivity contribution in [2.24, 2.45) is 11.8 Å². The lowest BCUT2D eigenvalue weighted by atomic mass is 9.88. The third-order valence-corrected chi connectivity index (χ3v) is 3.53. The molecule has 2 N–H and O–H groups in total. The predicted octanol–water partition coefficient (Wildman–Crippen LogP) is 0.325. The van der Waals surface area contributed by atoms with Crippen LogP contribution < -0.4 is 10.6 Å². The summed E-state index contributed by atoms with van der Waals surface area (Å²) in [6.45, 7) is 4.66. The van der Waals surface area contributed by atoms with Gasteiger partial charge in [0.25, 0.3) is 0 Å². The second-order valence-electron chi connectivity index (χ2n) is 3.75. The van der Waals surface area contributed by atoms with Crippen molar-refractivity contribution < 1.29 is 4.79 Å². The molecule has 1 saturated heterocycles. The molecule has 1 fully saturated rings. The van der Waals surface area contributed by atoms with E-state index < -0.39 is 0 Å². The largest absolute Gasteiger partial charge is 0.355 e. The molecule has 3 nitrogen and oxygen atoms in total. The molecule has 1 aliphatic heterocycles. The Morgan fingerprint density at radius 2 is 2.47 bits per heavy atom. The van der Waals surface area contributed by atoms with Gasteiger partial charge in [-0.1, -0.05) is 12.8 Å². The highest BCUT2D eigenvalue weighted by atomic mass is 32.2. The van der Waals surface area contributed by atoms with Gasteiger partial charge in [-0.3, -0.25) is 4.79 Å². The summed E-state index contributed by atoms with van der Waals surface area (Å²) in [5.41, 5.74) is 0. The minimum atomic E-state index is 0.129. The molecule has 0 radical (unpaired) electrons. The highest BCUT2D eigenvalue weighted by Crippen LogP contribution is 2.15. The Morgan fingerprint density at radius 1 is 1.73 bits per heavy atom. The van der Waals surface area contributed by atoms with Gasteiger partial charge in [-0.25, -0.2) is 0 Å². The minimum absolute atomic E-state index is 0.129. The number of thioether (sulfide) groups is 1. The van der Waals surface area contributed by atoms with Crippen LogP contribution in [0, 0.1) is 24.2 Å². The zero-order chi connectivity index (χ0) is 11.1. The summed E-state index contributed by atoms with van der Waals surface area (Å²) < 4.78 is 0. The van der Waals surface area contributed by atoms with Crippen LogP contribution >= 0.6 is 11.8 Å². The molecule has 0 aromatic carbocycles. The number of rotatable bonds is 6. The number of hydrogen-bond donors (Lipinski definition) is 2. The molecule has 15 heavy (non-hydrogen) atoms. The Balaban J connectivity index is 2.05. The maximum atomic E-state index is 11.6. The molecule has 0 saturated carbocycles. The molecule has 1 atom stereocenters. The summed E-state index contributed by atoms with van der Waals surface area (Å²) in [6, 6.07) is 0. The van der Waals surface area contributed by atoms with E-state index in [-0.39, 0.29) is 11.8 Å². The summed E-state index contributed by atoms with van der Waals surface area (Å²) in [5, 5.41) is 6.11. The standard InChI is InChI=1S/C11H18N2OS/c1-3-5-15-6-4-13-11(14)9(2)10-7-12-8-10/h1,9-10,12H,4-8H2,2H3,(H,13,14). The maximum absolute atomic E-state index is 11.6. The van der Waals surface area contributed by atoms with Crippen LogP contribution in [-0.4, -0.2) is 37.0 Å². The van der Waals surface area contributed by atoms with Gasteiger partial charge in [0.05, 0.1) is 5.75 Å². The number of nitrogens with one attached hydrogen (secondary N) is 2. The van der Waals surface area contributed by atoms with E-state index in [9.17, 15) is 4.79 Å². The first-order valence-electron chi connectivity index (χ1n) is 5.25. The Kier molecular flexibility index (Phi) is 5.59. The molecule has 0 aromatic rings. The quantitative estimate of drug-likeness (QED) is 0.506. The van der Waals surface area contributed by atoms with Crippen molar-refractivity contribution in [3.05, 3.63) is 0 Å². The average Bonchev–Trinajstić information content (AvgIpc) is 2.14. The highest BCUT2D eigenvalue weighted by molar-refractivity contribution is 7.99. The summed E-state index contributed by atoms with van der Waals surface area (Å²) >= 11 is 1.67. The summed E-state index contributed by atoms with van der Waals surface area (Å²) in [6.07, 6.45) is 5.12. The summed E-state index contributed by atoms with van der Waals surface area (Å²) in [7, 11) is 0. The molecule has 0 bridgehead atoms. The molecular formula is C11H18N2OS. The Labute approximate surface area is 95.8 Å². The van der Waals surface area contributed by atoms with Crippen LogP contribution in [0.3, 0.4) is 0 Å². The van der Waals surface area contributed by atoms with E-state index in [1.807, 2.05) is 6.92 Å². The summed E-state index contributed by atoms with van der Waals surface area (Å²) in [4.78, 5) is 11.6. The Hall–Kier alpha value is -0.660. The molecule has 1 rings (SSSR count). The van der Waals surface area contributed by atoms with E-state index in [1.165, 1.54) is 0 Å². The van der Waals surface area contributed by atoms with Crippen LogP contribution in [0.1, 0.15) is 6.92 Å². The van der Waals surface area contributed by atoms with Crippen LogP contribution in [0.4, 0.5) is 0 Å². The van der Waals surface area contributed by atoms with Crippen molar-refractivity contribution in [3.63, 3.8) is 0 Å². The molecule has 0 spiro atoms. The van der Waals surface area contributed by atoms with Crippen LogP contribution in [0.2, 0.25) is 0 Å². The molecule has 0 aromatic heterocycles. The van der Waals surface area contributed by atoms with Crippen molar-refractivity contribution in [3.8, 4) is 12.3 Å². The van der Waals surface area contributed by atoms with Gasteiger partial charge in [0.2, 0.25) is 5.91 Å². The molecule has 84 valence electrons. The fourth-order valence-electron chi connectivity index (χ4n) is 1.42. The molecule has 4 heteroatoms. The van der Waals surface area contributed by atoms with Crippen molar-refractivity contribution in [2.75, 3.05) is 31.1 Å². The third kappa shape index (κ3) is 4.15. The molecular weight excluding hydrogens is 208 g/mol. The number of terminal acetylenes is 1. The van der Waals surface area contributed by atoms with Crippen LogP contribution in [0.25, 0.3) is 0 Å². The Morgan fingerprint density at radius 3 is 3.00 bits per heavy atom. The van der Waals surface area contributed by atoms with Gasteiger partial charge in [0.1, 0.15) is 0 Å². The number of carbonyl (C=O) groups is 1. The fraction of sp³-hybridized carbons (Fsp3) is 0.727. The number of carbonyl (C=O) groups excluding carboxylic acids is 1. The van der Waals surface area contributed by atoms with Crippen LogP contribution in [0.5, 0.6) is 0 Å². The first-order chi connectivity index (χ1) is 7.25. The summed E-state index contributed by atoms with van der Waals surface area (Å²) in [5.74, 6) is 4.99. The SMILES string of the molecule is C#CCSCCNC(=O)C(C)C1CNC1. The van der Waals surface area contributed by atoms with Gasteiger partial charge < -0.3 is 10.6 Å². The lowest BCUT2D eigenvalue weighted by molar-refractivity contribution is -0.126. The normalized spacial score (nSPS) is 17.6. The van der Waals surface area contributed by atoms with Gasteiger partial charge in [0, 0.05) is 18.2 Å². The molecule has 1 aliphatic rings. The fourth-order valence-corrected chi connectivity index (χ4v) is 1.93. The number of amides is 1. The number of hydrogen-bond acceptors (Lipinski definition) is 3. The van der Waals surface area contributed by atoms with Crippen molar-refractivity contribution in [1.82, 2.24) is 10.6 Å². The second-order valence-corrected chi connectivity index (χ2v) is 4.86. The van der Waals surface area contributed by atoms with E-state index in [0.29, 0.717) is 5.92 Å². The van der Waals surface area contributed by atoms with Crippen molar-refractivity contribution >= 4 is 17.7 Å². The van der Waals surface area contributed by atoms with Crippen molar-refractivity contribution in [2.45, 2.75) is 6.92 Å². The van der Waals surface area contributed by atoms with Crippen LogP contribution in [0.15, 0.2) is 0 Å². The van der Waals surface area contributed by atoms with Gasteiger partial charge in [-0.15, -0.1) is 18.2 Å². The van der Waals surface area contributed by atoms with Crippen molar-refractivity contribution in [1.29, 1.82) is 0 Å². The van der Waals surface area contributed by atoms with Gasteiger partial charge in [-0.2, -0.15) is 0 Å².